The van der Waals surface area contributed by atoms with E-state index in [-0.39, 0.29) is 11.2 Å². The largest absolute Gasteiger partial charge is 0.371 e. The van der Waals surface area contributed by atoms with Crippen LogP contribution in [0.15, 0.2) is 24.3 Å². The van der Waals surface area contributed by atoms with Crippen LogP contribution in [0.25, 0.3) is 0 Å². The highest BCUT2D eigenvalue weighted by Crippen LogP contribution is 2.35. The van der Waals surface area contributed by atoms with E-state index in [2.05, 4.69) is 33.0 Å². The third-order valence-corrected chi connectivity index (χ3v) is 3.27. The molecule has 0 atom stereocenters. The Kier molecular flexibility index (Phi) is 2.87. The zero-order chi connectivity index (χ0) is 13.4. The van der Waals surface area contributed by atoms with Gasteiger partial charge < -0.3 is 15.5 Å². The van der Waals surface area contributed by atoms with Gasteiger partial charge in [-0.05, 0) is 23.7 Å². The molecule has 2 aromatic rings. The van der Waals surface area contributed by atoms with Crippen molar-refractivity contribution in [3.8, 4) is 0 Å². The second-order valence-electron chi connectivity index (χ2n) is 4.32. The van der Waals surface area contributed by atoms with Gasteiger partial charge in [-0.2, -0.15) is 15.0 Å². The van der Waals surface area contributed by atoms with Crippen molar-refractivity contribution in [1.29, 1.82) is 0 Å². The molecule has 6 nitrogen and oxygen atoms in total. The molecule has 0 amide bonds. The van der Waals surface area contributed by atoms with Crippen LogP contribution in [0.1, 0.15) is 0 Å². The molecule has 1 aromatic carbocycles. The van der Waals surface area contributed by atoms with Gasteiger partial charge in [0.2, 0.25) is 17.2 Å². The van der Waals surface area contributed by atoms with E-state index in [1.807, 2.05) is 23.1 Å². The Morgan fingerprint density at radius 3 is 2.58 bits per heavy atom. The van der Waals surface area contributed by atoms with Crippen LogP contribution < -0.4 is 15.5 Å². The Morgan fingerprint density at radius 1 is 1.11 bits per heavy atom. The fourth-order valence-corrected chi connectivity index (χ4v) is 2.35. The maximum absolute atomic E-state index is 5.85. The van der Waals surface area contributed by atoms with Gasteiger partial charge in [0, 0.05) is 20.1 Å². The number of rotatable bonds is 1. The third kappa shape index (κ3) is 2.15. The quantitative estimate of drug-likeness (QED) is 0.855. The summed E-state index contributed by atoms with van der Waals surface area (Å²) < 4.78 is 0. The summed E-state index contributed by atoms with van der Waals surface area (Å²) >= 11 is 5.85. The molecule has 0 spiro atoms. The van der Waals surface area contributed by atoms with Gasteiger partial charge in [0.1, 0.15) is 0 Å². The van der Waals surface area contributed by atoms with Gasteiger partial charge in [0.05, 0.1) is 11.4 Å². The molecule has 2 N–H and O–H groups in total. The Labute approximate surface area is 115 Å². The zero-order valence-electron chi connectivity index (χ0n) is 10.4. The Hall–Kier alpha value is -2.08. The first-order valence-electron chi connectivity index (χ1n) is 5.90. The second-order valence-corrected chi connectivity index (χ2v) is 4.66. The number of fused-ring (bicyclic) bond motifs is 1. The maximum Gasteiger partial charge on any atom is 0.236 e. The first kappa shape index (κ1) is 12.0. The highest BCUT2D eigenvalue weighted by atomic mass is 35.5. The third-order valence-electron chi connectivity index (χ3n) is 3.10. The molecule has 7 heteroatoms. The molecule has 0 aliphatic carbocycles. The lowest BCUT2D eigenvalue weighted by Crippen LogP contribution is -2.37. The zero-order valence-corrected chi connectivity index (χ0v) is 11.2. The van der Waals surface area contributed by atoms with Gasteiger partial charge in [0.15, 0.2) is 0 Å². The molecule has 0 fully saturated rings. The molecule has 98 valence electrons. The van der Waals surface area contributed by atoms with Crippen molar-refractivity contribution < 1.29 is 0 Å². The molecule has 0 radical (unpaired) electrons. The number of nitrogens with zero attached hydrogens (tertiary/aromatic N) is 5. The van der Waals surface area contributed by atoms with E-state index in [9.17, 15) is 0 Å². The molecule has 1 aliphatic heterocycles. The number of hydrogen-bond donors (Lipinski definition) is 1. The van der Waals surface area contributed by atoms with Crippen LogP contribution in [0.5, 0.6) is 0 Å². The van der Waals surface area contributed by atoms with E-state index in [1.165, 1.54) is 0 Å². The molecule has 3 rings (SSSR count). The number of anilines is 4. The standard InChI is InChI=1S/C12H13ClN6/c1-18-6-7-19(9-5-3-2-4-8(9)18)12-16-10(13)15-11(14)17-12/h2-5H,6-7H2,1H3,(H2,14,15,16,17). The van der Waals surface area contributed by atoms with Crippen LogP contribution in [0.3, 0.4) is 0 Å². The lowest BCUT2D eigenvalue weighted by molar-refractivity contribution is 0.798. The van der Waals surface area contributed by atoms with Crippen LogP contribution in [-0.4, -0.2) is 35.1 Å². The van der Waals surface area contributed by atoms with Crippen molar-refractivity contribution in [2.75, 3.05) is 35.7 Å². The molecule has 0 unspecified atom stereocenters. The van der Waals surface area contributed by atoms with E-state index < -0.39 is 0 Å². The molecular weight excluding hydrogens is 264 g/mol. The van der Waals surface area contributed by atoms with Crippen molar-refractivity contribution >= 4 is 34.9 Å². The monoisotopic (exact) mass is 276 g/mol. The Morgan fingerprint density at radius 2 is 1.84 bits per heavy atom. The minimum atomic E-state index is 0.110. The SMILES string of the molecule is CN1CCN(c2nc(N)nc(Cl)n2)c2ccccc21. The van der Waals surface area contributed by atoms with Gasteiger partial charge in [-0.1, -0.05) is 12.1 Å². The van der Waals surface area contributed by atoms with E-state index in [4.69, 9.17) is 17.3 Å². The van der Waals surface area contributed by atoms with Crippen molar-refractivity contribution in [3.63, 3.8) is 0 Å². The fraction of sp³-hybridized carbons (Fsp3) is 0.250. The smallest absolute Gasteiger partial charge is 0.236 e. The molecule has 0 bridgehead atoms. The summed E-state index contributed by atoms with van der Waals surface area (Å²) in [6, 6.07) is 8.08. The summed E-state index contributed by atoms with van der Waals surface area (Å²) in [5.41, 5.74) is 7.80. The minimum absolute atomic E-state index is 0.110. The number of benzene rings is 1. The molecule has 19 heavy (non-hydrogen) atoms. The molecule has 1 aromatic heterocycles. The highest BCUT2D eigenvalue weighted by Gasteiger charge is 2.23. The summed E-state index contributed by atoms with van der Waals surface area (Å²) in [4.78, 5) is 16.3. The Bertz CT molecular complexity index is 597. The molecule has 2 heterocycles. The number of nitrogens with two attached hydrogens (primary N) is 1. The van der Waals surface area contributed by atoms with E-state index in [0.29, 0.717) is 5.95 Å². The van der Waals surface area contributed by atoms with Crippen LogP contribution in [0.2, 0.25) is 5.28 Å². The summed E-state index contributed by atoms with van der Waals surface area (Å²) in [6.45, 7) is 1.65. The second kappa shape index (κ2) is 4.55. The van der Waals surface area contributed by atoms with Crippen molar-refractivity contribution in [2.45, 2.75) is 0 Å². The first-order chi connectivity index (χ1) is 9.15. The van der Waals surface area contributed by atoms with Crippen LogP contribution in [-0.2, 0) is 0 Å². The first-order valence-corrected chi connectivity index (χ1v) is 6.28. The van der Waals surface area contributed by atoms with Crippen LogP contribution in [0, 0.1) is 0 Å². The van der Waals surface area contributed by atoms with Gasteiger partial charge in [-0.15, -0.1) is 0 Å². The van der Waals surface area contributed by atoms with E-state index >= 15 is 0 Å². The fourth-order valence-electron chi connectivity index (χ4n) is 2.19. The molecule has 0 saturated carbocycles. The lowest BCUT2D eigenvalue weighted by atomic mass is 10.2. The van der Waals surface area contributed by atoms with Crippen molar-refractivity contribution in [1.82, 2.24) is 15.0 Å². The number of para-hydroxylation sites is 2. The summed E-state index contributed by atoms with van der Waals surface area (Å²) in [7, 11) is 2.06. The van der Waals surface area contributed by atoms with Crippen molar-refractivity contribution in [3.05, 3.63) is 29.5 Å². The molecular formula is C12H13ClN6. The van der Waals surface area contributed by atoms with Crippen molar-refractivity contribution in [2.24, 2.45) is 0 Å². The summed E-state index contributed by atoms with van der Waals surface area (Å²) in [5.74, 6) is 0.615. The van der Waals surface area contributed by atoms with E-state index in [1.54, 1.807) is 0 Å². The lowest BCUT2D eigenvalue weighted by Gasteiger charge is -2.35. The number of hydrogen-bond acceptors (Lipinski definition) is 6. The number of likely N-dealkylation sites (N-methyl/N-ethyl adjacent to an activating group) is 1. The number of halogens is 1. The average molecular weight is 277 g/mol. The minimum Gasteiger partial charge on any atom is -0.371 e. The summed E-state index contributed by atoms with van der Waals surface area (Å²) in [6.07, 6.45) is 0. The van der Waals surface area contributed by atoms with Crippen LogP contribution in [0.4, 0.5) is 23.3 Å². The topological polar surface area (TPSA) is 71.2 Å². The predicted octanol–water partition coefficient (Wildman–Crippen LogP) is 1.70. The van der Waals surface area contributed by atoms with Crippen LogP contribution >= 0.6 is 11.6 Å². The van der Waals surface area contributed by atoms with Gasteiger partial charge >= 0.3 is 0 Å². The van der Waals surface area contributed by atoms with Gasteiger partial charge in [-0.3, -0.25) is 0 Å². The Balaban J connectivity index is 2.09. The van der Waals surface area contributed by atoms with E-state index in [0.717, 1.165) is 24.5 Å². The maximum atomic E-state index is 5.85. The van der Waals surface area contributed by atoms with Gasteiger partial charge in [0.25, 0.3) is 0 Å². The number of nitrogen functional groups attached to an aromatic ring is 1. The highest BCUT2D eigenvalue weighted by molar-refractivity contribution is 6.28. The predicted molar refractivity (Wildman–Crippen MR) is 76.0 cm³/mol. The average Bonchev–Trinajstić information content (AvgIpc) is 2.38. The van der Waals surface area contributed by atoms with Gasteiger partial charge in [-0.25, -0.2) is 0 Å². The normalized spacial score (nSPS) is 14.4. The molecule has 0 saturated heterocycles. The number of aromatic nitrogens is 3. The molecule has 1 aliphatic rings. The summed E-state index contributed by atoms with van der Waals surface area (Å²) in [5, 5.41) is 0.110.